The maximum Gasteiger partial charge on any atom is 0.134 e. The molecule has 1 aromatic rings. The molecule has 96 valence electrons. The van der Waals surface area contributed by atoms with Gasteiger partial charge in [0, 0.05) is 18.7 Å². The van der Waals surface area contributed by atoms with Gasteiger partial charge in [-0.1, -0.05) is 6.92 Å². The topological polar surface area (TPSA) is 70.1 Å². The van der Waals surface area contributed by atoms with Crippen molar-refractivity contribution >= 4 is 11.6 Å². The summed E-state index contributed by atoms with van der Waals surface area (Å²) >= 11 is 0. The molecular weight excluding hydrogens is 216 g/mol. The van der Waals surface area contributed by atoms with E-state index in [0.29, 0.717) is 6.54 Å². The van der Waals surface area contributed by atoms with Crippen LogP contribution in [0.15, 0.2) is 0 Å². The van der Waals surface area contributed by atoms with E-state index in [4.69, 9.17) is 0 Å². The minimum absolute atomic E-state index is 0.341. The molecule has 1 rings (SSSR count). The number of nitrogens with one attached hydrogen (secondary N) is 2. The van der Waals surface area contributed by atoms with Gasteiger partial charge >= 0.3 is 0 Å². The van der Waals surface area contributed by atoms with Crippen molar-refractivity contribution in [2.45, 2.75) is 40.2 Å². The maximum absolute atomic E-state index is 9.53. The quantitative estimate of drug-likeness (QED) is 0.704. The lowest BCUT2D eigenvalue weighted by atomic mass is 10.2. The number of hydrogen-bond donors (Lipinski definition) is 3. The molecule has 5 nitrogen and oxygen atoms in total. The molecular formula is C12H22N4O. The van der Waals surface area contributed by atoms with Crippen LogP contribution in [0.1, 0.15) is 31.7 Å². The molecule has 0 aliphatic heterocycles. The summed E-state index contributed by atoms with van der Waals surface area (Å²) < 4.78 is 0. The van der Waals surface area contributed by atoms with Crippen LogP contribution < -0.4 is 10.6 Å². The van der Waals surface area contributed by atoms with Gasteiger partial charge in [0.1, 0.15) is 17.5 Å². The van der Waals surface area contributed by atoms with Crippen molar-refractivity contribution in [3.05, 3.63) is 11.4 Å². The number of aromatic nitrogens is 2. The van der Waals surface area contributed by atoms with Gasteiger partial charge in [-0.3, -0.25) is 0 Å². The second-order valence-electron chi connectivity index (χ2n) is 4.07. The smallest absolute Gasteiger partial charge is 0.134 e. The van der Waals surface area contributed by atoms with Crippen LogP contribution in [0.3, 0.4) is 0 Å². The molecule has 1 heterocycles. The summed E-state index contributed by atoms with van der Waals surface area (Å²) in [4.78, 5) is 8.69. The van der Waals surface area contributed by atoms with E-state index in [2.05, 4.69) is 20.6 Å². The average Bonchev–Trinajstić information content (AvgIpc) is 2.31. The molecule has 1 unspecified atom stereocenters. The number of aliphatic hydroxyl groups excluding tert-OH is 1. The number of aryl methyl sites for hydroxylation is 1. The minimum Gasteiger partial charge on any atom is -0.391 e. The van der Waals surface area contributed by atoms with E-state index in [0.717, 1.165) is 36.0 Å². The van der Waals surface area contributed by atoms with E-state index < -0.39 is 0 Å². The number of hydrogen-bond acceptors (Lipinski definition) is 5. The van der Waals surface area contributed by atoms with Gasteiger partial charge in [-0.2, -0.15) is 0 Å². The van der Waals surface area contributed by atoms with Crippen LogP contribution in [0.5, 0.6) is 0 Å². The highest BCUT2D eigenvalue weighted by atomic mass is 16.3. The molecule has 0 saturated heterocycles. The predicted molar refractivity (Wildman–Crippen MR) is 70.5 cm³/mol. The third kappa shape index (κ3) is 3.85. The number of anilines is 2. The maximum atomic E-state index is 9.53. The minimum atomic E-state index is -0.341. The Hall–Kier alpha value is -1.36. The van der Waals surface area contributed by atoms with Gasteiger partial charge < -0.3 is 15.7 Å². The highest BCUT2D eigenvalue weighted by Crippen LogP contribution is 2.19. The third-order valence-corrected chi connectivity index (χ3v) is 2.58. The van der Waals surface area contributed by atoms with Crippen LogP contribution >= 0.6 is 0 Å². The zero-order valence-corrected chi connectivity index (χ0v) is 11.0. The zero-order chi connectivity index (χ0) is 12.8. The van der Waals surface area contributed by atoms with E-state index >= 15 is 0 Å². The number of rotatable bonds is 6. The van der Waals surface area contributed by atoms with Crippen molar-refractivity contribution in [3.63, 3.8) is 0 Å². The molecule has 0 radical (unpaired) electrons. The van der Waals surface area contributed by atoms with Gasteiger partial charge in [0.25, 0.3) is 0 Å². The number of nitrogens with zero attached hydrogens (tertiary/aromatic N) is 2. The molecule has 1 aromatic heterocycles. The lowest BCUT2D eigenvalue weighted by molar-refractivity contribution is 0.183. The second kappa shape index (κ2) is 6.39. The standard InChI is InChI=1S/C12H22N4O/c1-5-10(17)7-14-12-8(3)11(13-6-2)15-9(4)16-12/h10,17H,5-7H2,1-4H3,(H2,13,14,15,16). The van der Waals surface area contributed by atoms with E-state index in [1.165, 1.54) is 0 Å². The molecule has 1 atom stereocenters. The lowest BCUT2D eigenvalue weighted by Crippen LogP contribution is -2.20. The monoisotopic (exact) mass is 238 g/mol. The van der Waals surface area contributed by atoms with Gasteiger partial charge in [0.2, 0.25) is 0 Å². The highest BCUT2D eigenvalue weighted by Gasteiger charge is 2.09. The summed E-state index contributed by atoms with van der Waals surface area (Å²) in [6.07, 6.45) is 0.392. The molecule has 0 amide bonds. The first-order valence-electron chi connectivity index (χ1n) is 6.09. The molecule has 0 aromatic carbocycles. The van der Waals surface area contributed by atoms with E-state index in [-0.39, 0.29) is 6.10 Å². The molecule has 0 bridgehead atoms. The van der Waals surface area contributed by atoms with Gasteiger partial charge in [0.05, 0.1) is 6.10 Å². The van der Waals surface area contributed by atoms with Crippen LogP contribution in [0, 0.1) is 13.8 Å². The Morgan fingerprint density at radius 1 is 1.12 bits per heavy atom. The van der Waals surface area contributed by atoms with Gasteiger partial charge in [0.15, 0.2) is 0 Å². The second-order valence-corrected chi connectivity index (χ2v) is 4.07. The normalized spacial score (nSPS) is 12.3. The predicted octanol–water partition coefficient (Wildman–Crippen LogP) is 1.71. The van der Waals surface area contributed by atoms with Crippen LogP contribution in [0.25, 0.3) is 0 Å². The van der Waals surface area contributed by atoms with Crippen LogP contribution in [0.4, 0.5) is 11.6 Å². The Kier molecular flexibility index (Phi) is 5.15. The van der Waals surface area contributed by atoms with Crippen molar-refractivity contribution in [1.82, 2.24) is 9.97 Å². The van der Waals surface area contributed by atoms with Gasteiger partial charge in [-0.05, 0) is 27.2 Å². The molecule has 0 saturated carbocycles. The summed E-state index contributed by atoms with van der Waals surface area (Å²) in [5.41, 5.74) is 0.987. The Labute approximate surface area is 103 Å². The number of aliphatic hydroxyl groups is 1. The van der Waals surface area contributed by atoms with E-state index in [1.807, 2.05) is 27.7 Å². The molecule has 0 aliphatic carbocycles. The first kappa shape index (κ1) is 13.7. The molecule has 0 spiro atoms. The third-order valence-electron chi connectivity index (χ3n) is 2.58. The molecule has 0 fully saturated rings. The fourth-order valence-electron chi connectivity index (χ4n) is 1.50. The summed E-state index contributed by atoms with van der Waals surface area (Å²) in [6.45, 7) is 9.16. The molecule has 5 heteroatoms. The largest absolute Gasteiger partial charge is 0.391 e. The van der Waals surface area contributed by atoms with Crippen molar-refractivity contribution in [1.29, 1.82) is 0 Å². The summed E-state index contributed by atoms with van der Waals surface area (Å²) in [5, 5.41) is 15.9. The van der Waals surface area contributed by atoms with Crippen LogP contribution in [-0.2, 0) is 0 Å². The first-order chi connectivity index (χ1) is 8.08. The average molecular weight is 238 g/mol. The van der Waals surface area contributed by atoms with Crippen LogP contribution in [0.2, 0.25) is 0 Å². The Balaban J connectivity index is 2.83. The van der Waals surface area contributed by atoms with E-state index in [1.54, 1.807) is 0 Å². The Morgan fingerprint density at radius 2 is 1.71 bits per heavy atom. The highest BCUT2D eigenvalue weighted by molar-refractivity contribution is 5.57. The fraction of sp³-hybridized carbons (Fsp3) is 0.667. The van der Waals surface area contributed by atoms with Gasteiger partial charge in [-0.15, -0.1) is 0 Å². The zero-order valence-electron chi connectivity index (χ0n) is 11.0. The first-order valence-corrected chi connectivity index (χ1v) is 6.09. The van der Waals surface area contributed by atoms with Crippen molar-refractivity contribution in [2.75, 3.05) is 23.7 Å². The van der Waals surface area contributed by atoms with Crippen molar-refractivity contribution < 1.29 is 5.11 Å². The van der Waals surface area contributed by atoms with Gasteiger partial charge in [-0.25, -0.2) is 9.97 Å². The SMILES string of the molecule is CCNc1nc(C)nc(NCC(O)CC)c1C. The molecule has 0 aliphatic rings. The fourth-order valence-corrected chi connectivity index (χ4v) is 1.50. The molecule has 17 heavy (non-hydrogen) atoms. The summed E-state index contributed by atoms with van der Waals surface area (Å²) in [7, 11) is 0. The molecule has 3 N–H and O–H groups in total. The van der Waals surface area contributed by atoms with Crippen molar-refractivity contribution in [2.24, 2.45) is 0 Å². The van der Waals surface area contributed by atoms with Crippen LogP contribution in [-0.4, -0.2) is 34.3 Å². The Morgan fingerprint density at radius 3 is 2.24 bits per heavy atom. The lowest BCUT2D eigenvalue weighted by Gasteiger charge is -2.15. The summed E-state index contributed by atoms with van der Waals surface area (Å²) in [6, 6.07) is 0. The van der Waals surface area contributed by atoms with E-state index in [9.17, 15) is 5.11 Å². The summed E-state index contributed by atoms with van der Waals surface area (Å²) in [5.74, 6) is 2.37. The van der Waals surface area contributed by atoms with Crippen molar-refractivity contribution in [3.8, 4) is 0 Å². The Bertz CT molecular complexity index is 368.